The largest absolute Gasteiger partial charge is 0.508 e. The standard InChI is InChI=1S/C7H16BO13P3S/c1-16-7(9)19-4-2-6(8)18-5(4)3-17-24(15,25)21-23(13,14)20-22(10,11)12/h4-6H,2-3,8H2,1H3,(H,13,14)(H,15,25)(H2,10,11,12). The maximum absolute atomic E-state index is 11.9. The lowest BCUT2D eigenvalue weighted by molar-refractivity contribution is -0.0244. The Bertz CT molecular complexity index is 623. The van der Waals surface area contributed by atoms with E-state index in [0.29, 0.717) is 0 Å². The molecule has 1 heterocycles. The molecule has 5 atom stereocenters. The molecule has 1 saturated heterocycles. The Morgan fingerprint density at radius 2 is 1.88 bits per heavy atom. The summed E-state index contributed by atoms with van der Waals surface area (Å²) in [6.45, 7) is -5.12. The van der Waals surface area contributed by atoms with Gasteiger partial charge in [0.1, 0.15) is 20.1 Å². The van der Waals surface area contributed by atoms with E-state index < -0.39 is 47.4 Å². The molecular formula is C7H16BO13P3S. The summed E-state index contributed by atoms with van der Waals surface area (Å²) < 4.78 is 60.7. The number of ether oxygens (including phenoxy) is 3. The summed E-state index contributed by atoms with van der Waals surface area (Å²) in [5.41, 5.74) is 0. The number of hydrogen-bond donors (Lipinski definition) is 4. The van der Waals surface area contributed by atoms with E-state index >= 15 is 0 Å². The fourth-order valence-electron chi connectivity index (χ4n) is 1.83. The van der Waals surface area contributed by atoms with Crippen molar-refractivity contribution in [3.05, 3.63) is 0 Å². The van der Waals surface area contributed by atoms with Gasteiger partial charge in [0.25, 0.3) is 0 Å². The zero-order chi connectivity index (χ0) is 19.5. The molecule has 0 bridgehead atoms. The van der Waals surface area contributed by atoms with Gasteiger partial charge in [0.15, 0.2) is 0 Å². The minimum atomic E-state index is -5.43. The van der Waals surface area contributed by atoms with Crippen LogP contribution < -0.4 is 0 Å². The van der Waals surface area contributed by atoms with Crippen LogP contribution in [0, 0.1) is 0 Å². The first-order valence-corrected chi connectivity index (χ1v) is 12.1. The van der Waals surface area contributed by atoms with Crippen molar-refractivity contribution in [2.45, 2.75) is 24.6 Å². The molecule has 3 N–H and O–H groups in total. The lowest BCUT2D eigenvalue weighted by Gasteiger charge is -2.21. The van der Waals surface area contributed by atoms with E-state index in [9.17, 15) is 18.5 Å². The number of carbonyl (C=O) groups is 1. The fraction of sp³-hybridized carbons (Fsp3) is 0.857. The van der Waals surface area contributed by atoms with E-state index in [0.717, 1.165) is 7.11 Å². The first-order valence-electron chi connectivity index (χ1n) is 6.41. The summed E-state index contributed by atoms with van der Waals surface area (Å²) in [5, 5.41) is 0. The second-order valence-corrected chi connectivity index (χ2v) is 10.6. The van der Waals surface area contributed by atoms with Gasteiger partial charge in [-0.05, 0) is 0 Å². The summed E-state index contributed by atoms with van der Waals surface area (Å²) >= 11 is 3.40. The van der Waals surface area contributed by atoms with Gasteiger partial charge in [-0.15, -0.1) is 0 Å². The molecule has 1 rings (SSSR count). The Balaban J connectivity index is 2.64. The van der Waals surface area contributed by atoms with Crippen molar-refractivity contribution in [2.24, 2.45) is 0 Å². The molecule has 5 unspecified atom stereocenters. The molecule has 0 spiro atoms. The number of rotatable bonds is 8. The van der Waals surface area contributed by atoms with Crippen LogP contribution in [0.15, 0.2) is 0 Å². The van der Waals surface area contributed by atoms with Gasteiger partial charge in [0.2, 0.25) is 0 Å². The van der Waals surface area contributed by atoms with Crippen LogP contribution in [0.3, 0.4) is 0 Å². The van der Waals surface area contributed by atoms with Crippen molar-refractivity contribution in [1.82, 2.24) is 0 Å². The van der Waals surface area contributed by atoms with Gasteiger partial charge in [-0.3, -0.25) is 4.52 Å². The Morgan fingerprint density at radius 1 is 1.28 bits per heavy atom. The maximum atomic E-state index is 11.9. The van der Waals surface area contributed by atoms with Gasteiger partial charge in [-0.2, -0.15) is 8.62 Å². The van der Waals surface area contributed by atoms with Crippen LogP contribution in [0.1, 0.15) is 6.42 Å². The third-order valence-corrected chi connectivity index (χ3v) is 7.42. The number of carbonyl (C=O) groups excluding carboxylic acids is 1. The van der Waals surface area contributed by atoms with Crippen molar-refractivity contribution in [3.63, 3.8) is 0 Å². The second kappa shape index (κ2) is 8.86. The van der Waals surface area contributed by atoms with Crippen LogP contribution in [-0.4, -0.2) is 60.6 Å². The highest BCUT2D eigenvalue weighted by Gasteiger charge is 2.42. The molecule has 0 aromatic heterocycles. The zero-order valence-electron chi connectivity index (χ0n) is 12.9. The van der Waals surface area contributed by atoms with Gasteiger partial charge < -0.3 is 28.9 Å². The van der Waals surface area contributed by atoms with Gasteiger partial charge in [0.05, 0.1) is 13.7 Å². The molecular weight excluding hydrogens is 428 g/mol. The Kier molecular flexibility index (Phi) is 8.20. The summed E-state index contributed by atoms with van der Waals surface area (Å²) in [4.78, 5) is 37.2. The highest BCUT2D eigenvalue weighted by molar-refractivity contribution is 8.45. The SMILES string of the molecule is BC1CC(OC(=O)OC)C(COP(=O)(S)OP(=O)(O)OP(=O)(O)O)O1. The first-order chi connectivity index (χ1) is 11.2. The van der Waals surface area contributed by atoms with Gasteiger partial charge in [-0.1, -0.05) is 12.2 Å². The molecule has 0 amide bonds. The van der Waals surface area contributed by atoms with Crippen LogP contribution in [0.2, 0.25) is 0 Å². The lowest BCUT2D eigenvalue weighted by Crippen LogP contribution is -2.30. The Hall–Kier alpha value is 0.0949. The van der Waals surface area contributed by atoms with E-state index in [1.807, 2.05) is 0 Å². The van der Waals surface area contributed by atoms with E-state index in [2.05, 4.69) is 25.6 Å². The third-order valence-electron chi connectivity index (χ3n) is 2.62. The minimum Gasteiger partial charge on any atom is -0.438 e. The molecule has 1 aliphatic rings. The van der Waals surface area contributed by atoms with Crippen LogP contribution >= 0.6 is 34.7 Å². The average molecular weight is 444 g/mol. The molecule has 18 heteroatoms. The molecule has 0 aromatic carbocycles. The normalized spacial score (nSPS) is 28.8. The van der Waals surface area contributed by atoms with E-state index in [1.54, 1.807) is 7.85 Å². The predicted octanol–water partition coefficient (Wildman–Crippen LogP) is 0.167. The molecule has 0 radical (unpaired) electrons. The molecule has 146 valence electrons. The summed E-state index contributed by atoms with van der Waals surface area (Å²) in [5.74, 6) is 0. The Labute approximate surface area is 148 Å². The first kappa shape index (κ1) is 23.1. The molecule has 1 aliphatic heterocycles. The van der Waals surface area contributed by atoms with E-state index in [1.165, 1.54) is 0 Å². The highest BCUT2D eigenvalue weighted by atomic mass is 32.7. The van der Waals surface area contributed by atoms with Crippen molar-refractivity contribution in [1.29, 1.82) is 0 Å². The number of methoxy groups -OCH3 is 1. The number of thiol groups is 1. The maximum Gasteiger partial charge on any atom is 0.508 e. The average Bonchev–Trinajstić information content (AvgIpc) is 2.72. The summed E-state index contributed by atoms with van der Waals surface area (Å²) in [6, 6.07) is -0.342. The highest BCUT2D eigenvalue weighted by Crippen LogP contribution is 2.69. The van der Waals surface area contributed by atoms with Crippen molar-refractivity contribution in [3.8, 4) is 0 Å². The van der Waals surface area contributed by atoms with Crippen molar-refractivity contribution < 1.29 is 60.5 Å². The van der Waals surface area contributed by atoms with Crippen LogP contribution in [-0.2, 0) is 41.1 Å². The van der Waals surface area contributed by atoms with Gasteiger partial charge >= 0.3 is 28.6 Å². The molecule has 25 heavy (non-hydrogen) atoms. The predicted molar refractivity (Wildman–Crippen MR) is 85.7 cm³/mol. The smallest absolute Gasteiger partial charge is 0.438 e. The summed E-state index contributed by atoms with van der Waals surface area (Å²) in [7, 11) is -8.05. The lowest BCUT2D eigenvalue weighted by atomic mass is 9.96. The van der Waals surface area contributed by atoms with Gasteiger partial charge in [-0.25, -0.2) is 18.5 Å². The summed E-state index contributed by atoms with van der Waals surface area (Å²) in [6.07, 6.45) is -2.43. The number of hydrogen-bond acceptors (Lipinski definition) is 10. The molecule has 0 saturated carbocycles. The Morgan fingerprint density at radius 3 is 2.40 bits per heavy atom. The van der Waals surface area contributed by atoms with Crippen LogP contribution in [0.4, 0.5) is 4.79 Å². The quantitative estimate of drug-likeness (QED) is 0.172. The number of phosphoric acid groups is 2. The topological polar surface area (TPSA) is 184 Å². The fourth-order valence-corrected chi connectivity index (χ4v) is 5.89. The van der Waals surface area contributed by atoms with E-state index in [-0.39, 0.29) is 12.4 Å². The molecule has 0 aromatic rings. The third kappa shape index (κ3) is 9.03. The second-order valence-electron chi connectivity index (χ2n) is 4.72. The molecule has 1 fully saturated rings. The van der Waals surface area contributed by atoms with E-state index in [4.69, 9.17) is 28.7 Å². The van der Waals surface area contributed by atoms with Crippen molar-refractivity contribution >= 4 is 48.7 Å². The monoisotopic (exact) mass is 444 g/mol. The zero-order valence-corrected chi connectivity index (χ0v) is 16.4. The van der Waals surface area contributed by atoms with Crippen LogP contribution in [0.5, 0.6) is 0 Å². The minimum absolute atomic E-state index is 0.278. The molecule has 0 aliphatic carbocycles. The van der Waals surface area contributed by atoms with Crippen LogP contribution in [0.25, 0.3) is 0 Å². The van der Waals surface area contributed by atoms with Gasteiger partial charge in [0, 0.05) is 12.4 Å². The molecule has 13 nitrogen and oxygen atoms in total. The van der Waals surface area contributed by atoms with Crippen molar-refractivity contribution in [2.75, 3.05) is 13.7 Å².